The summed E-state index contributed by atoms with van der Waals surface area (Å²) < 4.78 is 10.8. The summed E-state index contributed by atoms with van der Waals surface area (Å²) in [6, 6.07) is 5.41. The zero-order valence-electron chi connectivity index (χ0n) is 15.9. The number of hydrogen-bond donors (Lipinski definition) is 2. The zero-order valence-corrected chi connectivity index (χ0v) is 16.7. The Morgan fingerprint density at radius 3 is 2.93 bits per heavy atom. The van der Waals surface area contributed by atoms with Gasteiger partial charge >= 0.3 is 0 Å². The topological polar surface area (TPSA) is 101 Å². The largest absolute Gasteiger partial charge is 0.454 e. The molecule has 0 radical (unpaired) electrons. The molecule has 0 amide bonds. The van der Waals surface area contributed by atoms with Gasteiger partial charge in [0.25, 0.3) is 5.56 Å². The van der Waals surface area contributed by atoms with E-state index in [0.717, 1.165) is 28.4 Å². The molecule has 0 unspecified atom stereocenters. The highest BCUT2D eigenvalue weighted by atomic mass is 32.1. The number of aryl methyl sites for hydroxylation is 2. The number of hydrazone groups is 1. The predicted octanol–water partition coefficient (Wildman–Crippen LogP) is 3.59. The van der Waals surface area contributed by atoms with Crippen molar-refractivity contribution in [3.63, 3.8) is 0 Å². The van der Waals surface area contributed by atoms with Crippen molar-refractivity contribution < 1.29 is 9.47 Å². The van der Waals surface area contributed by atoms with E-state index in [-0.39, 0.29) is 12.4 Å². The van der Waals surface area contributed by atoms with Crippen molar-refractivity contribution in [2.45, 2.75) is 25.7 Å². The Bertz CT molecular complexity index is 1390. The van der Waals surface area contributed by atoms with Gasteiger partial charge < -0.3 is 14.5 Å². The van der Waals surface area contributed by atoms with E-state index < -0.39 is 0 Å². The lowest BCUT2D eigenvalue weighted by atomic mass is 9.97. The maximum absolute atomic E-state index is 12.5. The van der Waals surface area contributed by atoms with Gasteiger partial charge in [-0.05, 0) is 43.4 Å². The number of nitrogens with zero attached hydrogens (tertiary/aromatic N) is 3. The summed E-state index contributed by atoms with van der Waals surface area (Å²) in [7, 11) is 0. The molecule has 0 atom stereocenters. The molecule has 4 aromatic rings. The summed E-state index contributed by atoms with van der Waals surface area (Å²) >= 11 is 1.74. The monoisotopic (exact) mass is 419 g/mol. The fourth-order valence-electron chi connectivity index (χ4n) is 4.05. The van der Waals surface area contributed by atoms with Crippen LogP contribution in [0.2, 0.25) is 0 Å². The second kappa shape index (κ2) is 6.81. The first kappa shape index (κ1) is 17.4. The van der Waals surface area contributed by atoms with Crippen molar-refractivity contribution in [2.75, 3.05) is 12.2 Å². The van der Waals surface area contributed by atoms with E-state index in [1.807, 2.05) is 6.07 Å². The van der Waals surface area contributed by atoms with E-state index in [4.69, 9.17) is 9.47 Å². The minimum atomic E-state index is -0.229. The van der Waals surface area contributed by atoms with Crippen molar-refractivity contribution >= 4 is 44.5 Å². The van der Waals surface area contributed by atoms with E-state index in [9.17, 15) is 4.79 Å². The van der Waals surface area contributed by atoms with Crippen LogP contribution in [0.3, 0.4) is 0 Å². The van der Waals surface area contributed by atoms with Crippen LogP contribution in [0.1, 0.15) is 28.8 Å². The number of H-pyrrole nitrogens is 1. The van der Waals surface area contributed by atoms with Crippen molar-refractivity contribution in [1.82, 2.24) is 15.0 Å². The van der Waals surface area contributed by atoms with Gasteiger partial charge in [0.1, 0.15) is 11.2 Å². The Hall–Kier alpha value is -3.46. The van der Waals surface area contributed by atoms with Crippen LogP contribution in [0.15, 0.2) is 34.4 Å². The normalized spacial score (nSPS) is 15.2. The lowest BCUT2D eigenvalue weighted by Gasteiger charge is -2.11. The number of ether oxygens (including phenoxy) is 2. The predicted molar refractivity (Wildman–Crippen MR) is 116 cm³/mol. The van der Waals surface area contributed by atoms with Crippen LogP contribution in [0.5, 0.6) is 11.5 Å². The molecule has 3 aromatic heterocycles. The number of fused-ring (bicyclic) bond motifs is 5. The summed E-state index contributed by atoms with van der Waals surface area (Å²) in [4.78, 5) is 26.5. The maximum Gasteiger partial charge on any atom is 0.257 e. The number of pyridine rings is 1. The summed E-state index contributed by atoms with van der Waals surface area (Å²) in [5.74, 6) is 1.98. The molecule has 2 aliphatic rings. The van der Waals surface area contributed by atoms with Crippen LogP contribution in [0, 0.1) is 0 Å². The van der Waals surface area contributed by atoms with Crippen LogP contribution < -0.4 is 20.5 Å². The molecule has 8 nitrogen and oxygen atoms in total. The molecule has 6 rings (SSSR count). The molecule has 1 aromatic carbocycles. The molecule has 0 spiro atoms. The molecule has 150 valence electrons. The number of rotatable bonds is 3. The molecule has 0 saturated heterocycles. The Balaban J connectivity index is 1.34. The summed E-state index contributed by atoms with van der Waals surface area (Å²) in [5, 5.41) is 6.19. The number of hydrogen-bond acceptors (Lipinski definition) is 8. The molecule has 9 heteroatoms. The molecule has 0 fully saturated rings. The van der Waals surface area contributed by atoms with Gasteiger partial charge in [-0.15, -0.1) is 11.3 Å². The summed E-state index contributed by atoms with van der Waals surface area (Å²) in [6.45, 7) is 0.188. The number of aromatic nitrogens is 3. The van der Waals surface area contributed by atoms with Crippen LogP contribution in [-0.2, 0) is 12.8 Å². The Morgan fingerprint density at radius 1 is 1.13 bits per heavy atom. The van der Waals surface area contributed by atoms with Gasteiger partial charge in [-0.1, -0.05) is 0 Å². The van der Waals surface area contributed by atoms with Gasteiger partial charge in [0.05, 0.1) is 22.7 Å². The maximum atomic E-state index is 12.5. The van der Waals surface area contributed by atoms with Crippen molar-refractivity contribution in [3.05, 3.63) is 50.9 Å². The highest BCUT2D eigenvalue weighted by Gasteiger charge is 2.20. The minimum absolute atomic E-state index is 0.188. The minimum Gasteiger partial charge on any atom is -0.454 e. The first-order valence-electron chi connectivity index (χ1n) is 9.77. The van der Waals surface area contributed by atoms with Crippen molar-refractivity contribution in [2.24, 2.45) is 5.10 Å². The molecule has 0 bridgehead atoms. The van der Waals surface area contributed by atoms with Gasteiger partial charge in [0.2, 0.25) is 6.79 Å². The number of anilines is 1. The Morgan fingerprint density at radius 2 is 2.00 bits per heavy atom. The van der Waals surface area contributed by atoms with Gasteiger partial charge in [0.15, 0.2) is 17.3 Å². The third-order valence-electron chi connectivity index (χ3n) is 5.49. The number of thiophene rings is 1. The van der Waals surface area contributed by atoms with Crippen molar-refractivity contribution in [1.29, 1.82) is 0 Å². The van der Waals surface area contributed by atoms with E-state index in [1.165, 1.54) is 29.5 Å². The van der Waals surface area contributed by atoms with Crippen LogP contribution in [-0.4, -0.2) is 28.0 Å². The van der Waals surface area contributed by atoms with Gasteiger partial charge in [0, 0.05) is 16.3 Å². The van der Waals surface area contributed by atoms with E-state index >= 15 is 0 Å². The Labute approximate surface area is 174 Å². The summed E-state index contributed by atoms with van der Waals surface area (Å²) in [6.07, 6.45) is 7.61. The fraction of sp³-hybridized carbons (Fsp3) is 0.238. The SMILES string of the molecule is O=c1[nH]c2cc3c(cc2cc1C=NNc1ncnc2sc4c(c12)CCCC4)OCO3. The first-order valence-corrected chi connectivity index (χ1v) is 10.6. The molecule has 30 heavy (non-hydrogen) atoms. The number of nitrogens with one attached hydrogen (secondary N) is 2. The van der Waals surface area contributed by atoms with E-state index in [0.29, 0.717) is 28.4 Å². The van der Waals surface area contributed by atoms with Crippen molar-refractivity contribution in [3.8, 4) is 11.5 Å². The van der Waals surface area contributed by atoms with Gasteiger partial charge in [-0.25, -0.2) is 9.97 Å². The highest BCUT2D eigenvalue weighted by Crippen LogP contribution is 2.38. The third-order valence-corrected chi connectivity index (χ3v) is 6.69. The zero-order chi connectivity index (χ0) is 20.1. The van der Waals surface area contributed by atoms with Gasteiger partial charge in [-0.2, -0.15) is 5.10 Å². The molecule has 2 N–H and O–H groups in total. The van der Waals surface area contributed by atoms with Crippen LogP contribution in [0.25, 0.3) is 21.1 Å². The fourth-order valence-corrected chi connectivity index (χ4v) is 5.28. The average molecular weight is 419 g/mol. The van der Waals surface area contributed by atoms with E-state index in [2.05, 4.69) is 25.5 Å². The molecule has 4 heterocycles. The number of benzene rings is 1. The lowest BCUT2D eigenvalue weighted by molar-refractivity contribution is 0.174. The standard InChI is InChI=1S/C21H17N5O3S/c27-20-12(5-11-6-15-16(29-10-28-15)7-14(11)25-20)8-24-26-19-18-13-3-1-2-4-17(13)30-21(18)23-9-22-19/h5-9H,1-4,10H2,(H,25,27)(H,22,23,26). The second-order valence-electron chi connectivity index (χ2n) is 7.33. The van der Waals surface area contributed by atoms with Gasteiger partial charge in [-0.3, -0.25) is 10.2 Å². The smallest absolute Gasteiger partial charge is 0.257 e. The molecular formula is C21H17N5O3S. The Kier molecular flexibility index (Phi) is 3.95. The molecule has 1 aliphatic heterocycles. The third kappa shape index (κ3) is 2.81. The molecular weight excluding hydrogens is 402 g/mol. The average Bonchev–Trinajstić information content (AvgIpc) is 3.36. The highest BCUT2D eigenvalue weighted by molar-refractivity contribution is 7.19. The second-order valence-corrected chi connectivity index (χ2v) is 8.41. The quantitative estimate of drug-likeness (QED) is 0.389. The lowest BCUT2D eigenvalue weighted by Crippen LogP contribution is -2.12. The van der Waals surface area contributed by atoms with Crippen LogP contribution in [0.4, 0.5) is 5.82 Å². The molecule has 1 aliphatic carbocycles. The number of aromatic amines is 1. The van der Waals surface area contributed by atoms with Crippen LogP contribution >= 0.6 is 11.3 Å². The summed E-state index contributed by atoms with van der Waals surface area (Å²) in [5.41, 5.74) is 5.25. The molecule has 0 saturated carbocycles. The first-order chi connectivity index (χ1) is 14.8. The van der Waals surface area contributed by atoms with E-state index in [1.54, 1.807) is 29.8 Å².